The van der Waals surface area contributed by atoms with Gasteiger partial charge in [0, 0.05) is 35.9 Å². The molecule has 5 unspecified atom stereocenters. The van der Waals surface area contributed by atoms with Crippen LogP contribution in [0.3, 0.4) is 0 Å². The zero-order valence-corrected chi connectivity index (χ0v) is 18.0. The number of quaternary nitrogens is 1. The van der Waals surface area contributed by atoms with Gasteiger partial charge >= 0.3 is 0 Å². The summed E-state index contributed by atoms with van der Waals surface area (Å²) in [7, 11) is 0. The SMILES string of the molecule is C=CC1C[N+]2(Cc3ccccc3)CCC1CC2C(O)c1ccnc2ccccc12.Cl. The summed E-state index contributed by atoms with van der Waals surface area (Å²) in [4.78, 5) is 4.50. The number of piperidine rings is 3. The maximum Gasteiger partial charge on any atom is 0.131 e. The molecule has 156 valence electrons. The first-order chi connectivity index (χ1) is 14.2. The molecule has 0 saturated carbocycles. The lowest BCUT2D eigenvalue weighted by Gasteiger charge is -2.58. The highest BCUT2D eigenvalue weighted by Crippen LogP contribution is 2.47. The van der Waals surface area contributed by atoms with E-state index in [4.69, 9.17) is 0 Å². The Bertz CT molecular complexity index is 1020. The topological polar surface area (TPSA) is 33.1 Å². The molecule has 1 N–H and O–H groups in total. The monoisotopic (exact) mass is 421 g/mol. The first kappa shape index (κ1) is 21.0. The molecule has 3 aliphatic rings. The van der Waals surface area contributed by atoms with Gasteiger partial charge in [-0.1, -0.05) is 54.6 Å². The molecule has 0 amide bonds. The van der Waals surface area contributed by atoms with Crippen LogP contribution < -0.4 is 0 Å². The average molecular weight is 422 g/mol. The maximum absolute atomic E-state index is 11.7. The van der Waals surface area contributed by atoms with Gasteiger partial charge < -0.3 is 9.59 Å². The third-order valence-corrected chi connectivity index (χ3v) is 7.38. The van der Waals surface area contributed by atoms with Crippen LogP contribution in [0.15, 0.2) is 79.5 Å². The van der Waals surface area contributed by atoms with E-state index in [0.717, 1.165) is 47.0 Å². The van der Waals surface area contributed by atoms with Crippen LogP contribution >= 0.6 is 12.4 Å². The van der Waals surface area contributed by atoms with Crippen LogP contribution in [0.25, 0.3) is 10.9 Å². The Labute approximate surface area is 185 Å². The summed E-state index contributed by atoms with van der Waals surface area (Å²) >= 11 is 0. The first-order valence-corrected chi connectivity index (χ1v) is 10.7. The molecule has 3 saturated heterocycles. The van der Waals surface area contributed by atoms with Gasteiger partial charge in [-0.25, -0.2) is 0 Å². The second kappa shape index (κ2) is 8.50. The van der Waals surface area contributed by atoms with Crippen LogP contribution in [-0.4, -0.2) is 33.7 Å². The number of hydrogen-bond acceptors (Lipinski definition) is 2. The molecule has 6 rings (SSSR count). The Morgan fingerprint density at radius 3 is 2.67 bits per heavy atom. The average Bonchev–Trinajstić information content (AvgIpc) is 2.78. The lowest BCUT2D eigenvalue weighted by atomic mass is 9.71. The minimum absolute atomic E-state index is 0. The van der Waals surface area contributed by atoms with Gasteiger partial charge in [-0.15, -0.1) is 19.0 Å². The van der Waals surface area contributed by atoms with Crippen molar-refractivity contribution in [3.63, 3.8) is 0 Å². The molecule has 3 nitrogen and oxygen atoms in total. The molecule has 3 fully saturated rings. The lowest BCUT2D eigenvalue weighted by Crippen LogP contribution is -2.67. The maximum atomic E-state index is 11.7. The van der Waals surface area contributed by atoms with E-state index >= 15 is 0 Å². The summed E-state index contributed by atoms with van der Waals surface area (Å²) in [6, 6.07) is 21.2. The molecule has 3 aromatic rings. The van der Waals surface area contributed by atoms with E-state index in [1.165, 1.54) is 12.0 Å². The Kier molecular flexibility index (Phi) is 5.97. The van der Waals surface area contributed by atoms with Crippen LogP contribution in [0.2, 0.25) is 0 Å². The Morgan fingerprint density at radius 2 is 1.87 bits per heavy atom. The second-order valence-electron chi connectivity index (χ2n) is 8.88. The van der Waals surface area contributed by atoms with Crippen molar-refractivity contribution in [1.82, 2.24) is 4.98 Å². The van der Waals surface area contributed by atoms with Crippen molar-refractivity contribution in [2.24, 2.45) is 11.8 Å². The molecule has 3 aliphatic heterocycles. The Hall–Kier alpha value is -2.20. The predicted octanol–water partition coefficient (Wildman–Crippen LogP) is 5.30. The number of rotatable bonds is 5. The number of aromatic nitrogens is 1. The Balaban J connectivity index is 0.00000218. The molecule has 2 bridgehead atoms. The van der Waals surface area contributed by atoms with Crippen molar-refractivity contribution < 1.29 is 9.59 Å². The van der Waals surface area contributed by atoms with E-state index in [2.05, 4.69) is 54.0 Å². The number of para-hydroxylation sites is 1. The van der Waals surface area contributed by atoms with Crippen LogP contribution in [0.1, 0.15) is 30.1 Å². The van der Waals surface area contributed by atoms with Crippen molar-refractivity contribution in [2.45, 2.75) is 31.5 Å². The summed E-state index contributed by atoms with van der Waals surface area (Å²) in [6.07, 6.45) is 5.79. The number of aliphatic hydroxyl groups is 1. The van der Waals surface area contributed by atoms with Crippen molar-refractivity contribution in [1.29, 1.82) is 0 Å². The molecule has 4 heterocycles. The van der Waals surface area contributed by atoms with E-state index in [0.29, 0.717) is 11.8 Å². The highest BCUT2D eigenvalue weighted by molar-refractivity contribution is 5.85. The third kappa shape index (κ3) is 3.56. The molecule has 5 atom stereocenters. The van der Waals surface area contributed by atoms with E-state index < -0.39 is 6.10 Å². The molecule has 30 heavy (non-hydrogen) atoms. The van der Waals surface area contributed by atoms with Crippen molar-refractivity contribution in [2.75, 3.05) is 13.1 Å². The van der Waals surface area contributed by atoms with Gasteiger partial charge in [0.05, 0.1) is 18.6 Å². The number of halogens is 1. The zero-order valence-electron chi connectivity index (χ0n) is 17.2. The van der Waals surface area contributed by atoms with E-state index in [1.807, 2.05) is 30.5 Å². The molecule has 0 radical (unpaired) electrons. The summed E-state index contributed by atoms with van der Waals surface area (Å²) in [5.41, 5.74) is 3.33. The summed E-state index contributed by atoms with van der Waals surface area (Å²) in [6.45, 7) is 7.32. The van der Waals surface area contributed by atoms with Gasteiger partial charge in [0.1, 0.15) is 18.7 Å². The summed E-state index contributed by atoms with van der Waals surface area (Å²) in [5.74, 6) is 1.18. The molecule has 2 aromatic carbocycles. The number of fused-ring (bicyclic) bond motifs is 4. The van der Waals surface area contributed by atoms with Crippen LogP contribution in [0, 0.1) is 11.8 Å². The fraction of sp³-hybridized carbons (Fsp3) is 0.346. The van der Waals surface area contributed by atoms with Crippen molar-refractivity contribution >= 4 is 23.3 Å². The number of pyridine rings is 1. The second-order valence-corrected chi connectivity index (χ2v) is 8.88. The summed E-state index contributed by atoms with van der Waals surface area (Å²) < 4.78 is 0.953. The molecule has 0 aliphatic carbocycles. The third-order valence-electron chi connectivity index (χ3n) is 7.38. The van der Waals surface area contributed by atoms with Gasteiger partial charge in [-0.3, -0.25) is 4.98 Å². The number of hydrogen-bond donors (Lipinski definition) is 1. The highest BCUT2D eigenvalue weighted by Gasteiger charge is 2.53. The molecular formula is C26H30ClN2O+. The van der Waals surface area contributed by atoms with E-state index in [-0.39, 0.29) is 18.4 Å². The molecule has 0 spiro atoms. The standard InChI is InChI=1S/C26H29N2O.ClH/c1-2-20-18-28(17-19-8-4-3-5-9-19)15-13-21(20)16-25(28)26(29)23-12-14-27-24-11-7-6-10-22(23)24;/h2-12,14,20-21,25-26,29H,1,13,15-18H2;1H/q+1;. The van der Waals surface area contributed by atoms with Gasteiger partial charge in [-0.05, 0) is 23.6 Å². The smallest absolute Gasteiger partial charge is 0.131 e. The first-order valence-electron chi connectivity index (χ1n) is 10.7. The minimum Gasteiger partial charge on any atom is -0.382 e. The fourth-order valence-electron chi connectivity index (χ4n) is 5.91. The number of benzene rings is 2. The largest absolute Gasteiger partial charge is 0.382 e. The molecule has 4 heteroatoms. The highest BCUT2D eigenvalue weighted by atomic mass is 35.5. The van der Waals surface area contributed by atoms with Gasteiger partial charge in [0.15, 0.2) is 0 Å². The lowest BCUT2D eigenvalue weighted by molar-refractivity contribution is -0.984. The van der Waals surface area contributed by atoms with Crippen LogP contribution in [0.4, 0.5) is 0 Å². The minimum atomic E-state index is -0.486. The zero-order chi connectivity index (χ0) is 19.8. The van der Waals surface area contributed by atoms with Gasteiger partial charge in [-0.2, -0.15) is 0 Å². The molecular weight excluding hydrogens is 392 g/mol. The fourth-order valence-corrected chi connectivity index (χ4v) is 5.91. The Morgan fingerprint density at radius 1 is 1.10 bits per heavy atom. The van der Waals surface area contributed by atoms with E-state index in [1.54, 1.807) is 0 Å². The van der Waals surface area contributed by atoms with Crippen LogP contribution in [0.5, 0.6) is 0 Å². The summed E-state index contributed by atoms with van der Waals surface area (Å²) in [5, 5.41) is 12.8. The van der Waals surface area contributed by atoms with Gasteiger partial charge in [0.2, 0.25) is 0 Å². The molecule has 1 aromatic heterocycles. The van der Waals surface area contributed by atoms with Crippen molar-refractivity contribution in [3.05, 3.63) is 90.6 Å². The predicted molar refractivity (Wildman–Crippen MR) is 124 cm³/mol. The number of aliphatic hydroxyl groups excluding tert-OH is 1. The number of nitrogens with zero attached hydrogens (tertiary/aromatic N) is 2. The quantitative estimate of drug-likeness (QED) is 0.447. The van der Waals surface area contributed by atoms with Gasteiger partial charge in [0.25, 0.3) is 0 Å². The van der Waals surface area contributed by atoms with E-state index in [9.17, 15) is 5.11 Å². The normalized spacial score (nSPS) is 28.6. The van der Waals surface area contributed by atoms with Crippen LogP contribution in [-0.2, 0) is 6.54 Å². The van der Waals surface area contributed by atoms with Crippen molar-refractivity contribution in [3.8, 4) is 0 Å².